The van der Waals surface area contributed by atoms with E-state index in [0.29, 0.717) is 22.0 Å². The maximum atomic E-state index is 12.1. The van der Waals surface area contributed by atoms with Crippen molar-refractivity contribution in [2.45, 2.75) is 20.3 Å². The predicted octanol–water partition coefficient (Wildman–Crippen LogP) is 3.31. The van der Waals surface area contributed by atoms with Gasteiger partial charge in [-0.3, -0.25) is 4.79 Å². The molecule has 0 saturated carbocycles. The highest BCUT2D eigenvalue weighted by atomic mass is 35.5. The van der Waals surface area contributed by atoms with E-state index in [0.717, 1.165) is 22.8 Å². The van der Waals surface area contributed by atoms with Crippen LogP contribution in [0.3, 0.4) is 0 Å². The van der Waals surface area contributed by atoms with Gasteiger partial charge in [0.2, 0.25) is 0 Å². The molecule has 0 saturated heterocycles. The Bertz CT molecular complexity index is 582. The molecule has 2 rings (SSSR count). The van der Waals surface area contributed by atoms with Gasteiger partial charge in [0.25, 0.3) is 5.91 Å². The molecule has 6 heteroatoms. The summed E-state index contributed by atoms with van der Waals surface area (Å²) in [4.78, 5) is 12.6. The average Bonchev–Trinajstić information content (AvgIpc) is 2.82. The number of rotatable bonds is 3. The molecule has 2 aromatic rings. The Kier molecular flexibility index (Phi) is 3.93. The lowest BCUT2D eigenvalue weighted by molar-refractivity contribution is 0.102. The molecule has 0 aliphatic carbocycles. The summed E-state index contributed by atoms with van der Waals surface area (Å²) < 4.78 is 3.80. The zero-order valence-corrected chi connectivity index (χ0v) is 11.6. The normalized spacial score (nSPS) is 10.4. The molecule has 94 valence electrons. The van der Waals surface area contributed by atoms with Gasteiger partial charge in [0, 0.05) is 10.7 Å². The summed E-state index contributed by atoms with van der Waals surface area (Å²) in [6.07, 6.45) is 0.688. The molecule has 1 N–H and O–H groups in total. The Morgan fingerprint density at radius 3 is 3.00 bits per heavy atom. The Balaban J connectivity index is 2.24. The molecular weight excluding hydrogens is 270 g/mol. The number of anilines is 1. The van der Waals surface area contributed by atoms with E-state index in [4.69, 9.17) is 11.6 Å². The van der Waals surface area contributed by atoms with Crippen molar-refractivity contribution in [1.29, 1.82) is 0 Å². The second-order valence-electron chi connectivity index (χ2n) is 3.82. The molecule has 0 atom stereocenters. The smallest absolute Gasteiger partial charge is 0.269 e. The number of nitrogens with zero attached hydrogens (tertiary/aromatic N) is 2. The fourth-order valence-electron chi connectivity index (χ4n) is 1.52. The summed E-state index contributed by atoms with van der Waals surface area (Å²) in [5.41, 5.74) is 2.39. The second-order valence-corrected chi connectivity index (χ2v) is 5.01. The third kappa shape index (κ3) is 2.68. The van der Waals surface area contributed by atoms with Gasteiger partial charge in [-0.2, -0.15) is 0 Å². The van der Waals surface area contributed by atoms with Gasteiger partial charge in [0.15, 0.2) is 0 Å². The molecule has 0 spiro atoms. The van der Waals surface area contributed by atoms with Crippen LogP contribution < -0.4 is 5.32 Å². The highest BCUT2D eigenvalue weighted by molar-refractivity contribution is 7.08. The Labute approximate surface area is 114 Å². The van der Waals surface area contributed by atoms with Crippen molar-refractivity contribution in [3.8, 4) is 0 Å². The second kappa shape index (κ2) is 5.46. The van der Waals surface area contributed by atoms with Crippen LogP contribution in [0.4, 0.5) is 5.69 Å². The number of aromatic nitrogens is 2. The Hall–Kier alpha value is -1.46. The first-order valence-corrected chi connectivity index (χ1v) is 6.65. The van der Waals surface area contributed by atoms with Crippen LogP contribution in [-0.2, 0) is 6.42 Å². The van der Waals surface area contributed by atoms with E-state index in [1.807, 2.05) is 19.9 Å². The van der Waals surface area contributed by atoms with Crippen LogP contribution >= 0.6 is 23.1 Å². The van der Waals surface area contributed by atoms with Crippen LogP contribution in [0.2, 0.25) is 5.02 Å². The van der Waals surface area contributed by atoms with Crippen LogP contribution in [0.25, 0.3) is 0 Å². The number of halogens is 1. The van der Waals surface area contributed by atoms with Gasteiger partial charge in [0.05, 0.1) is 5.69 Å². The van der Waals surface area contributed by atoms with Crippen LogP contribution in [-0.4, -0.2) is 15.5 Å². The molecule has 18 heavy (non-hydrogen) atoms. The number of hydrogen-bond acceptors (Lipinski definition) is 4. The maximum absolute atomic E-state index is 12.1. The van der Waals surface area contributed by atoms with Crippen molar-refractivity contribution >= 4 is 34.7 Å². The minimum atomic E-state index is -0.188. The number of nitrogens with one attached hydrogen (secondary N) is 1. The SMILES string of the molecule is CCc1nnsc1C(=O)Nc1cc(Cl)ccc1C. The molecular formula is C12H12ClN3OS. The van der Waals surface area contributed by atoms with Crippen LogP contribution in [0.1, 0.15) is 27.9 Å². The van der Waals surface area contributed by atoms with Crippen molar-refractivity contribution < 1.29 is 4.79 Å². The molecule has 0 radical (unpaired) electrons. The average molecular weight is 282 g/mol. The van der Waals surface area contributed by atoms with Gasteiger partial charge in [-0.1, -0.05) is 29.1 Å². The lowest BCUT2D eigenvalue weighted by atomic mass is 10.2. The molecule has 4 nitrogen and oxygen atoms in total. The standard InChI is InChI=1S/C12H12ClN3OS/c1-3-9-11(18-16-15-9)12(17)14-10-6-8(13)5-4-7(10)2/h4-6H,3H2,1-2H3,(H,14,17). The van der Waals surface area contributed by atoms with Gasteiger partial charge in [-0.25, -0.2) is 0 Å². The lowest BCUT2D eigenvalue weighted by Gasteiger charge is -2.07. The minimum Gasteiger partial charge on any atom is -0.321 e. The quantitative estimate of drug-likeness (QED) is 0.939. The van der Waals surface area contributed by atoms with Crippen molar-refractivity contribution in [3.63, 3.8) is 0 Å². The maximum Gasteiger partial charge on any atom is 0.269 e. The van der Waals surface area contributed by atoms with Crippen molar-refractivity contribution in [3.05, 3.63) is 39.4 Å². The summed E-state index contributed by atoms with van der Waals surface area (Å²) in [7, 11) is 0. The first-order valence-electron chi connectivity index (χ1n) is 5.50. The number of hydrogen-bond donors (Lipinski definition) is 1. The third-order valence-electron chi connectivity index (χ3n) is 2.54. The summed E-state index contributed by atoms with van der Waals surface area (Å²) in [5.74, 6) is -0.188. The number of carbonyl (C=O) groups excluding carboxylic acids is 1. The molecule has 0 unspecified atom stereocenters. The summed E-state index contributed by atoms with van der Waals surface area (Å²) in [5, 5.41) is 7.35. The van der Waals surface area contributed by atoms with Crippen LogP contribution in [0, 0.1) is 6.92 Å². The highest BCUT2D eigenvalue weighted by Gasteiger charge is 2.15. The van der Waals surface area contributed by atoms with Crippen molar-refractivity contribution in [2.75, 3.05) is 5.32 Å². The summed E-state index contributed by atoms with van der Waals surface area (Å²) >= 11 is 7.02. The number of amides is 1. The van der Waals surface area contributed by atoms with Gasteiger partial charge < -0.3 is 5.32 Å². The summed E-state index contributed by atoms with van der Waals surface area (Å²) in [6, 6.07) is 5.39. The fraction of sp³-hybridized carbons (Fsp3) is 0.250. The molecule has 0 aliphatic heterocycles. The van der Waals surface area contributed by atoms with E-state index in [9.17, 15) is 4.79 Å². The number of aryl methyl sites for hydroxylation is 2. The minimum absolute atomic E-state index is 0.188. The monoisotopic (exact) mass is 281 g/mol. The Morgan fingerprint density at radius 1 is 1.50 bits per heavy atom. The third-order valence-corrected chi connectivity index (χ3v) is 3.55. The molecule has 0 bridgehead atoms. The van der Waals surface area contributed by atoms with Crippen molar-refractivity contribution in [1.82, 2.24) is 9.59 Å². The van der Waals surface area contributed by atoms with Crippen molar-refractivity contribution in [2.24, 2.45) is 0 Å². The van der Waals surface area contributed by atoms with Gasteiger partial charge in [0.1, 0.15) is 4.88 Å². The van der Waals surface area contributed by atoms with E-state index in [1.54, 1.807) is 12.1 Å². The van der Waals surface area contributed by atoms with E-state index in [1.165, 1.54) is 0 Å². The molecule has 1 aromatic carbocycles. The molecule has 0 aliphatic rings. The largest absolute Gasteiger partial charge is 0.321 e. The van der Waals surface area contributed by atoms with E-state index in [2.05, 4.69) is 14.9 Å². The Morgan fingerprint density at radius 2 is 2.28 bits per heavy atom. The zero-order chi connectivity index (χ0) is 13.1. The predicted molar refractivity (Wildman–Crippen MR) is 73.4 cm³/mol. The van der Waals surface area contributed by atoms with Gasteiger partial charge in [-0.05, 0) is 42.6 Å². The summed E-state index contributed by atoms with van der Waals surface area (Å²) in [6.45, 7) is 3.86. The van der Waals surface area contributed by atoms with Gasteiger partial charge >= 0.3 is 0 Å². The van der Waals surface area contributed by atoms with Gasteiger partial charge in [-0.15, -0.1) is 5.10 Å². The molecule has 0 fully saturated rings. The zero-order valence-electron chi connectivity index (χ0n) is 10.0. The fourth-order valence-corrected chi connectivity index (χ4v) is 2.34. The van der Waals surface area contributed by atoms with E-state index < -0.39 is 0 Å². The number of carbonyl (C=O) groups is 1. The number of benzene rings is 1. The first-order chi connectivity index (χ1) is 8.61. The topological polar surface area (TPSA) is 54.9 Å². The van der Waals surface area contributed by atoms with E-state index in [-0.39, 0.29) is 5.91 Å². The van der Waals surface area contributed by atoms with E-state index >= 15 is 0 Å². The van der Waals surface area contributed by atoms with Crippen LogP contribution in [0.15, 0.2) is 18.2 Å². The highest BCUT2D eigenvalue weighted by Crippen LogP contribution is 2.22. The van der Waals surface area contributed by atoms with Crippen LogP contribution in [0.5, 0.6) is 0 Å². The molecule has 1 aromatic heterocycles. The molecule has 1 amide bonds. The first kappa shape index (κ1) is 13.0. The molecule has 1 heterocycles. The lowest BCUT2D eigenvalue weighted by Crippen LogP contribution is -2.13.